The molecule has 0 atom stereocenters. The van der Waals surface area contributed by atoms with Crippen molar-refractivity contribution < 1.29 is 9.47 Å². The highest BCUT2D eigenvalue weighted by Gasteiger charge is 2.30. The Morgan fingerprint density at radius 2 is 1.10 bits per heavy atom. The zero-order valence-corrected chi connectivity index (χ0v) is 14.0. The van der Waals surface area contributed by atoms with Crippen LogP contribution in [0.15, 0.2) is 0 Å². The van der Waals surface area contributed by atoms with Gasteiger partial charge in [-0.3, -0.25) is 0 Å². The summed E-state index contributed by atoms with van der Waals surface area (Å²) >= 11 is 0. The lowest BCUT2D eigenvalue weighted by Crippen LogP contribution is -2.38. The predicted molar refractivity (Wildman–Crippen MR) is 85.9 cm³/mol. The minimum atomic E-state index is -0.0880. The average molecular weight is 288 g/mol. The third-order valence-electron chi connectivity index (χ3n) is 4.67. The SMILES string of the molecule is CCC(CC)(CCN)OCCC(CC)(CC)OCCN. The highest BCUT2D eigenvalue weighted by atomic mass is 16.5. The number of ether oxygens (including phenoxy) is 2. The molecule has 0 saturated heterocycles. The lowest BCUT2D eigenvalue weighted by atomic mass is 9.91. The third kappa shape index (κ3) is 6.08. The zero-order valence-electron chi connectivity index (χ0n) is 14.0. The first-order chi connectivity index (χ1) is 9.57. The van der Waals surface area contributed by atoms with Crippen LogP contribution in [0.3, 0.4) is 0 Å². The minimum absolute atomic E-state index is 0.0597. The fourth-order valence-corrected chi connectivity index (χ4v) is 2.75. The first-order valence-electron chi connectivity index (χ1n) is 8.25. The highest BCUT2D eigenvalue weighted by Crippen LogP contribution is 2.29. The molecule has 0 saturated carbocycles. The normalized spacial score (nSPS) is 12.9. The maximum absolute atomic E-state index is 6.22. The molecule has 20 heavy (non-hydrogen) atoms. The Bertz CT molecular complexity index is 227. The average Bonchev–Trinajstić information content (AvgIpc) is 2.50. The van der Waals surface area contributed by atoms with E-state index in [0.717, 1.165) is 45.1 Å². The Kier molecular flexibility index (Phi) is 10.5. The quantitative estimate of drug-likeness (QED) is 0.547. The molecule has 0 aromatic carbocycles. The Morgan fingerprint density at radius 3 is 1.50 bits per heavy atom. The molecular weight excluding hydrogens is 252 g/mol. The van der Waals surface area contributed by atoms with Gasteiger partial charge >= 0.3 is 0 Å². The van der Waals surface area contributed by atoms with Crippen LogP contribution < -0.4 is 11.5 Å². The van der Waals surface area contributed by atoms with Gasteiger partial charge in [-0.2, -0.15) is 0 Å². The summed E-state index contributed by atoms with van der Waals surface area (Å²) in [6.45, 7) is 11.3. The van der Waals surface area contributed by atoms with Crippen LogP contribution in [-0.4, -0.2) is 37.5 Å². The summed E-state index contributed by atoms with van der Waals surface area (Å²) in [6, 6.07) is 0. The van der Waals surface area contributed by atoms with Crippen molar-refractivity contribution in [2.75, 3.05) is 26.3 Å². The van der Waals surface area contributed by atoms with Gasteiger partial charge in [0, 0.05) is 6.54 Å². The molecule has 0 bridgehead atoms. The molecule has 0 radical (unpaired) electrons. The van der Waals surface area contributed by atoms with E-state index in [1.807, 2.05) is 0 Å². The molecular formula is C16H36N2O2. The van der Waals surface area contributed by atoms with Crippen LogP contribution in [0.1, 0.15) is 66.2 Å². The molecule has 4 nitrogen and oxygen atoms in total. The van der Waals surface area contributed by atoms with Crippen LogP contribution in [0.25, 0.3) is 0 Å². The van der Waals surface area contributed by atoms with E-state index in [-0.39, 0.29) is 11.2 Å². The van der Waals surface area contributed by atoms with Gasteiger partial charge in [0.1, 0.15) is 0 Å². The summed E-state index contributed by atoms with van der Waals surface area (Å²) in [5.41, 5.74) is 11.1. The second-order valence-electron chi connectivity index (χ2n) is 5.55. The lowest BCUT2D eigenvalue weighted by Gasteiger charge is -2.36. The third-order valence-corrected chi connectivity index (χ3v) is 4.67. The predicted octanol–water partition coefficient (Wildman–Crippen LogP) is 2.83. The molecule has 0 aliphatic rings. The second kappa shape index (κ2) is 10.6. The van der Waals surface area contributed by atoms with Crippen molar-refractivity contribution in [3.63, 3.8) is 0 Å². The molecule has 0 fully saturated rings. The fraction of sp³-hybridized carbons (Fsp3) is 1.00. The van der Waals surface area contributed by atoms with E-state index in [1.165, 1.54) is 0 Å². The van der Waals surface area contributed by atoms with E-state index >= 15 is 0 Å². The van der Waals surface area contributed by atoms with Crippen molar-refractivity contribution in [1.82, 2.24) is 0 Å². The first kappa shape index (κ1) is 19.8. The van der Waals surface area contributed by atoms with Gasteiger partial charge in [0.15, 0.2) is 0 Å². The van der Waals surface area contributed by atoms with Crippen LogP contribution in [0.5, 0.6) is 0 Å². The number of rotatable bonds is 13. The smallest absolute Gasteiger partial charge is 0.0699 e. The van der Waals surface area contributed by atoms with E-state index in [4.69, 9.17) is 20.9 Å². The molecule has 0 heterocycles. The van der Waals surface area contributed by atoms with Crippen molar-refractivity contribution in [3.8, 4) is 0 Å². The lowest BCUT2D eigenvalue weighted by molar-refractivity contribution is -0.104. The summed E-state index contributed by atoms with van der Waals surface area (Å²) < 4.78 is 12.2. The molecule has 0 aliphatic heterocycles. The largest absolute Gasteiger partial charge is 0.375 e. The van der Waals surface area contributed by atoms with Gasteiger partial charge in [-0.1, -0.05) is 27.7 Å². The maximum Gasteiger partial charge on any atom is 0.0699 e. The maximum atomic E-state index is 6.22. The first-order valence-corrected chi connectivity index (χ1v) is 8.25. The standard InChI is InChI=1S/C16H36N2O2/c1-5-15(6-2,9-11-17)19-13-10-16(7-3,8-4)20-14-12-18/h5-14,17-18H2,1-4H3. The summed E-state index contributed by atoms with van der Waals surface area (Å²) in [4.78, 5) is 0. The van der Waals surface area contributed by atoms with Crippen molar-refractivity contribution >= 4 is 0 Å². The van der Waals surface area contributed by atoms with E-state index in [1.54, 1.807) is 0 Å². The topological polar surface area (TPSA) is 70.5 Å². The molecule has 0 amide bonds. The van der Waals surface area contributed by atoms with Crippen LogP contribution in [-0.2, 0) is 9.47 Å². The van der Waals surface area contributed by atoms with Crippen molar-refractivity contribution in [3.05, 3.63) is 0 Å². The van der Waals surface area contributed by atoms with Crippen molar-refractivity contribution in [2.24, 2.45) is 11.5 Å². The van der Waals surface area contributed by atoms with Crippen LogP contribution in [0.2, 0.25) is 0 Å². The number of hydrogen-bond acceptors (Lipinski definition) is 4. The van der Waals surface area contributed by atoms with Crippen molar-refractivity contribution in [2.45, 2.75) is 77.4 Å². The van der Waals surface area contributed by atoms with Crippen LogP contribution in [0, 0.1) is 0 Å². The Balaban J connectivity index is 4.46. The molecule has 0 spiro atoms. The van der Waals surface area contributed by atoms with E-state index in [0.29, 0.717) is 19.7 Å². The monoisotopic (exact) mass is 288 g/mol. The van der Waals surface area contributed by atoms with E-state index in [2.05, 4.69) is 27.7 Å². The zero-order chi connectivity index (χ0) is 15.5. The van der Waals surface area contributed by atoms with Crippen LogP contribution in [0.4, 0.5) is 0 Å². The minimum Gasteiger partial charge on any atom is -0.375 e. The Hall–Kier alpha value is -0.160. The van der Waals surface area contributed by atoms with Gasteiger partial charge in [0.25, 0.3) is 0 Å². The van der Waals surface area contributed by atoms with Gasteiger partial charge in [0.05, 0.1) is 24.4 Å². The Morgan fingerprint density at radius 1 is 0.650 bits per heavy atom. The summed E-state index contributed by atoms with van der Waals surface area (Å²) in [7, 11) is 0. The van der Waals surface area contributed by atoms with Crippen molar-refractivity contribution in [1.29, 1.82) is 0 Å². The van der Waals surface area contributed by atoms with Gasteiger partial charge in [-0.05, 0) is 45.1 Å². The molecule has 0 aromatic rings. The van der Waals surface area contributed by atoms with E-state index in [9.17, 15) is 0 Å². The molecule has 0 unspecified atom stereocenters. The molecule has 4 N–H and O–H groups in total. The van der Waals surface area contributed by atoms with E-state index < -0.39 is 0 Å². The van der Waals surface area contributed by atoms with Gasteiger partial charge in [-0.15, -0.1) is 0 Å². The second-order valence-corrected chi connectivity index (χ2v) is 5.55. The van der Waals surface area contributed by atoms with Gasteiger partial charge < -0.3 is 20.9 Å². The molecule has 0 rings (SSSR count). The van der Waals surface area contributed by atoms with Crippen LogP contribution >= 0.6 is 0 Å². The summed E-state index contributed by atoms with van der Waals surface area (Å²) in [5.74, 6) is 0. The number of nitrogens with two attached hydrogens (primary N) is 2. The van der Waals surface area contributed by atoms with Gasteiger partial charge in [0.2, 0.25) is 0 Å². The molecule has 4 heteroatoms. The molecule has 0 aromatic heterocycles. The summed E-state index contributed by atoms with van der Waals surface area (Å²) in [5, 5.41) is 0. The highest BCUT2D eigenvalue weighted by molar-refractivity contribution is 4.81. The molecule has 0 aliphatic carbocycles. The van der Waals surface area contributed by atoms with Gasteiger partial charge in [-0.25, -0.2) is 0 Å². The molecule has 122 valence electrons. The fourth-order valence-electron chi connectivity index (χ4n) is 2.75. The Labute approximate surface area is 125 Å². The summed E-state index contributed by atoms with van der Waals surface area (Å²) in [6.07, 6.45) is 5.86. The number of hydrogen-bond donors (Lipinski definition) is 2.